The molecule has 4 nitrogen and oxygen atoms in total. The number of sulfone groups is 1. The third kappa shape index (κ3) is 3.35. The minimum absolute atomic E-state index is 0.221. The first-order valence-corrected chi connectivity index (χ1v) is 8.10. The maximum absolute atomic E-state index is 11.3. The number of hydrogen-bond donors (Lipinski definition) is 2. The molecule has 6 heteroatoms. The van der Waals surface area contributed by atoms with Gasteiger partial charge in [-0.15, -0.1) is 0 Å². The SMILES string of the molecule is Nc1ccc(NC2CCS(=O)(=O)CC2)c(Br)c1. The second-order valence-corrected chi connectivity index (χ2v) is 7.47. The van der Waals surface area contributed by atoms with Crippen molar-refractivity contribution in [1.29, 1.82) is 0 Å². The van der Waals surface area contributed by atoms with E-state index in [1.165, 1.54) is 0 Å². The van der Waals surface area contributed by atoms with Gasteiger partial charge in [0.15, 0.2) is 0 Å². The van der Waals surface area contributed by atoms with E-state index in [0.29, 0.717) is 18.5 Å². The highest BCUT2D eigenvalue weighted by molar-refractivity contribution is 9.10. The van der Waals surface area contributed by atoms with Crippen LogP contribution in [0.1, 0.15) is 12.8 Å². The molecule has 0 bridgehead atoms. The Bertz CT molecular complexity index is 502. The fourth-order valence-electron chi connectivity index (χ4n) is 1.90. The number of halogens is 1. The van der Waals surface area contributed by atoms with Gasteiger partial charge in [0.1, 0.15) is 9.84 Å². The summed E-state index contributed by atoms with van der Waals surface area (Å²) in [4.78, 5) is 0. The first kappa shape index (κ1) is 12.7. The molecule has 3 N–H and O–H groups in total. The van der Waals surface area contributed by atoms with Crippen LogP contribution in [0.3, 0.4) is 0 Å². The van der Waals surface area contributed by atoms with E-state index in [2.05, 4.69) is 21.2 Å². The normalized spacial score (nSPS) is 20.1. The summed E-state index contributed by atoms with van der Waals surface area (Å²) >= 11 is 3.44. The minimum Gasteiger partial charge on any atom is -0.399 e. The molecule has 94 valence electrons. The molecule has 1 fully saturated rings. The van der Waals surface area contributed by atoms with Gasteiger partial charge in [0.05, 0.1) is 11.5 Å². The van der Waals surface area contributed by atoms with Crippen molar-refractivity contribution < 1.29 is 8.42 Å². The molecule has 1 heterocycles. The summed E-state index contributed by atoms with van der Waals surface area (Å²) in [7, 11) is -2.80. The Morgan fingerprint density at radius 3 is 2.53 bits per heavy atom. The molecule has 1 aliphatic rings. The topological polar surface area (TPSA) is 72.2 Å². The van der Waals surface area contributed by atoms with Crippen LogP contribution in [0.25, 0.3) is 0 Å². The number of benzene rings is 1. The molecule has 1 aliphatic heterocycles. The summed E-state index contributed by atoms with van der Waals surface area (Å²) in [5.74, 6) is 0.550. The van der Waals surface area contributed by atoms with Crippen LogP contribution < -0.4 is 11.1 Å². The summed E-state index contributed by atoms with van der Waals surface area (Å²) in [6.07, 6.45) is 1.33. The van der Waals surface area contributed by atoms with Gasteiger partial charge in [0.2, 0.25) is 0 Å². The van der Waals surface area contributed by atoms with Crippen LogP contribution in [0.5, 0.6) is 0 Å². The monoisotopic (exact) mass is 318 g/mol. The molecule has 0 unspecified atom stereocenters. The largest absolute Gasteiger partial charge is 0.399 e. The molecular weight excluding hydrogens is 304 g/mol. The lowest BCUT2D eigenvalue weighted by molar-refractivity contribution is 0.559. The van der Waals surface area contributed by atoms with Gasteiger partial charge in [0.25, 0.3) is 0 Å². The Balaban J connectivity index is 2.02. The summed E-state index contributed by atoms with van der Waals surface area (Å²) in [5, 5.41) is 3.35. The van der Waals surface area contributed by atoms with Crippen molar-refractivity contribution in [3.8, 4) is 0 Å². The fraction of sp³-hybridized carbons (Fsp3) is 0.455. The molecule has 2 rings (SSSR count). The van der Waals surface area contributed by atoms with Crippen LogP contribution in [0.4, 0.5) is 11.4 Å². The molecular formula is C11H15BrN2O2S. The van der Waals surface area contributed by atoms with E-state index in [9.17, 15) is 8.42 Å². The lowest BCUT2D eigenvalue weighted by Crippen LogP contribution is -2.32. The van der Waals surface area contributed by atoms with Crippen LogP contribution in [0, 0.1) is 0 Å². The lowest BCUT2D eigenvalue weighted by Gasteiger charge is -2.24. The predicted octanol–water partition coefficient (Wildman–Crippen LogP) is 2.02. The summed E-state index contributed by atoms with van der Waals surface area (Å²) in [6, 6.07) is 5.79. The quantitative estimate of drug-likeness (QED) is 0.818. The van der Waals surface area contributed by atoms with Crippen LogP contribution in [-0.2, 0) is 9.84 Å². The average molecular weight is 319 g/mol. The Hall–Kier alpha value is -0.750. The summed E-state index contributed by atoms with van der Waals surface area (Å²) in [6.45, 7) is 0. The number of anilines is 2. The van der Waals surface area contributed by atoms with Crippen LogP contribution in [0.2, 0.25) is 0 Å². The highest BCUT2D eigenvalue weighted by Crippen LogP contribution is 2.27. The highest BCUT2D eigenvalue weighted by Gasteiger charge is 2.23. The van der Waals surface area contributed by atoms with E-state index in [1.807, 2.05) is 18.2 Å². The van der Waals surface area contributed by atoms with Crippen molar-refractivity contribution in [2.45, 2.75) is 18.9 Å². The summed E-state index contributed by atoms with van der Waals surface area (Å²) in [5.41, 5.74) is 7.32. The van der Waals surface area contributed by atoms with E-state index < -0.39 is 9.84 Å². The van der Waals surface area contributed by atoms with E-state index in [0.717, 1.165) is 10.2 Å². The standard InChI is InChI=1S/C11H15BrN2O2S/c12-10-7-8(13)1-2-11(10)14-9-3-5-17(15,16)6-4-9/h1-2,7,9,14H,3-6,13H2. The van der Waals surface area contributed by atoms with E-state index >= 15 is 0 Å². The van der Waals surface area contributed by atoms with Crippen LogP contribution in [0.15, 0.2) is 22.7 Å². The number of rotatable bonds is 2. The molecule has 0 radical (unpaired) electrons. The second-order valence-electron chi connectivity index (χ2n) is 4.31. The second kappa shape index (κ2) is 4.86. The molecule has 17 heavy (non-hydrogen) atoms. The third-order valence-corrected chi connectivity index (χ3v) is 5.28. The predicted molar refractivity (Wildman–Crippen MR) is 73.9 cm³/mol. The van der Waals surface area contributed by atoms with Crippen molar-refractivity contribution in [2.24, 2.45) is 0 Å². The molecule has 0 spiro atoms. The van der Waals surface area contributed by atoms with Gasteiger partial charge >= 0.3 is 0 Å². The van der Waals surface area contributed by atoms with Gasteiger partial charge < -0.3 is 11.1 Å². The van der Waals surface area contributed by atoms with E-state index in [4.69, 9.17) is 5.73 Å². The average Bonchev–Trinajstić information content (AvgIpc) is 2.25. The lowest BCUT2D eigenvalue weighted by atomic mass is 10.1. The number of nitrogens with two attached hydrogens (primary N) is 1. The zero-order chi connectivity index (χ0) is 12.5. The maximum Gasteiger partial charge on any atom is 0.150 e. The number of nitrogens with one attached hydrogen (secondary N) is 1. The van der Waals surface area contributed by atoms with Gasteiger partial charge in [-0.25, -0.2) is 8.42 Å². The van der Waals surface area contributed by atoms with Crippen molar-refractivity contribution in [2.75, 3.05) is 22.6 Å². The van der Waals surface area contributed by atoms with Crippen molar-refractivity contribution in [1.82, 2.24) is 0 Å². The Kier molecular flexibility index (Phi) is 3.63. The first-order chi connectivity index (χ1) is 7.96. The molecule has 1 aromatic carbocycles. The van der Waals surface area contributed by atoms with Crippen molar-refractivity contribution in [3.63, 3.8) is 0 Å². The Morgan fingerprint density at radius 1 is 1.29 bits per heavy atom. The molecule has 0 atom stereocenters. The molecule has 1 saturated heterocycles. The minimum atomic E-state index is -2.80. The number of hydrogen-bond acceptors (Lipinski definition) is 4. The molecule has 1 aromatic rings. The Morgan fingerprint density at radius 2 is 1.94 bits per heavy atom. The van der Waals surface area contributed by atoms with Crippen LogP contribution >= 0.6 is 15.9 Å². The van der Waals surface area contributed by atoms with Crippen LogP contribution in [-0.4, -0.2) is 26.0 Å². The fourth-order valence-corrected chi connectivity index (χ4v) is 3.91. The Labute approximate surface area is 110 Å². The van der Waals surface area contributed by atoms with Crippen molar-refractivity contribution >= 4 is 37.1 Å². The summed E-state index contributed by atoms with van der Waals surface area (Å²) < 4.78 is 23.5. The van der Waals surface area contributed by atoms with Gasteiger partial charge in [-0.1, -0.05) is 0 Å². The molecule has 0 amide bonds. The van der Waals surface area contributed by atoms with Gasteiger partial charge in [0, 0.05) is 21.9 Å². The molecule has 0 aliphatic carbocycles. The highest BCUT2D eigenvalue weighted by atomic mass is 79.9. The third-order valence-electron chi connectivity index (χ3n) is 2.91. The van der Waals surface area contributed by atoms with Gasteiger partial charge in [-0.3, -0.25) is 0 Å². The van der Waals surface area contributed by atoms with E-state index in [-0.39, 0.29) is 17.5 Å². The van der Waals surface area contributed by atoms with Gasteiger partial charge in [-0.05, 0) is 47.0 Å². The molecule has 0 aromatic heterocycles. The van der Waals surface area contributed by atoms with Gasteiger partial charge in [-0.2, -0.15) is 0 Å². The number of nitrogen functional groups attached to an aromatic ring is 1. The zero-order valence-electron chi connectivity index (χ0n) is 9.32. The maximum atomic E-state index is 11.3. The smallest absolute Gasteiger partial charge is 0.150 e. The van der Waals surface area contributed by atoms with Crippen molar-refractivity contribution in [3.05, 3.63) is 22.7 Å². The molecule has 0 saturated carbocycles. The van der Waals surface area contributed by atoms with E-state index in [1.54, 1.807) is 0 Å². The zero-order valence-corrected chi connectivity index (χ0v) is 11.7. The first-order valence-electron chi connectivity index (χ1n) is 5.48.